The highest BCUT2D eigenvalue weighted by Gasteiger charge is 2.41. The van der Waals surface area contributed by atoms with Crippen molar-refractivity contribution in [2.75, 3.05) is 18.0 Å². The van der Waals surface area contributed by atoms with Gasteiger partial charge in [0.25, 0.3) is 0 Å². The number of anilines is 1. The third-order valence-corrected chi connectivity index (χ3v) is 4.68. The molecule has 2 aromatic heterocycles. The summed E-state index contributed by atoms with van der Waals surface area (Å²) in [6.45, 7) is 0.413. The lowest BCUT2D eigenvalue weighted by molar-refractivity contribution is -0.137. The maximum Gasteiger partial charge on any atom is 0.416 e. The molecule has 0 bridgehead atoms. The van der Waals surface area contributed by atoms with E-state index >= 15 is 4.39 Å². The second-order valence-corrected chi connectivity index (χ2v) is 6.42. The van der Waals surface area contributed by atoms with Gasteiger partial charge in [0, 0.05) is 31.4 Å². The van der Waals surface area contributed by atoms with Gasteiger partial charge in [-0.25, -0.2) is 19.3 Å². The monoisotopic (exact) mass is 377 g/mol. The third kappa shape index (κ3) is 3.36. The molecule has 4 rings (SSSR count). The number of aromatic nitrogens is 4. The van der Waals surface area contributed by atoms with Crippen molar-refractivity contribution in [3.05, 3.63) is 66.5 Å². The first-order chi connectivity index (χ1) is 12.9. The van der Waals surface area contributed by atoms with Crippen LogP contribution in [0.1, 0.15) is 17.5 Å². The van der Waals surface area contributed by atoms with E-state index in [1.54, 1.807) is 34.3 Å². The summed E-state index contributed by atoms with van der Waals surface area (Å²) in [4.78, 5) is 14.1. The topological polar surface area (TPSA) is 46.8 Å². The second kappa shape index (κ2) is 6.33. The molecule has 0 radical (unpaired) electrons. The highest BCUT2D eigenvalue weighted by atomic mass is 19.4. The van der Waals surface area contributed by atoms with Gasteiger partial charge in [-0.3, -0.25) is 4.57 Å². The summed E-state index contributed by atoms with van der Waals surface area (Å²) >= 11 is 0. The number of nitrogens with zero attached hydrogens (tertiary/aromatic N) is 5. The highest BCUT2D eigenvalue weighted by Crippen LogP contribution is 2.39. The molecular formula is C18H15F4N5. The van der Waals surface area contributed by atoms with Gasteiger partial charge in [0.2, 0.25) is 0 Å². The zero-order valence-corrected chi connectivity index (χ0v) is 14.1. The fourth-order valence-corrected chi connectivity index (χ4v) is 3.21. The molecule has 5 nitrogen and oxygen atoms in total. The van der Waals surface area contributed by atoms with Crippen molar-refractivity contribution >= 4 is 5.82 Å². The van der Waals surface area contributed by atoms with Gasteiger partial charge in [0.05, 0.1) is 12.1 Å². The van der Waals surface area contributed by atoms with E-state index in [4.69, 9.17) is 0 Å². The van der Waals surface area contributed by atoms with E-state index in [2.05, 4.69) is 15.0 Å². The average Bonchev–Trinajstić information content (AvgIpc) is 3.32. The van der Waals surface area contributed by atoms with Gasteiger partial charge < -0.3 is 4.90 Å². The van der Waals surface area contributed by atoms with Crippen molar-refractivity contribution in [3.63, 3.8) is 0 Å². The molecule has 9 heteroatoms. The van der Waals surface area contributed by atoms with Crippen molar-refractivity contribution in [1.29, 1.82) is 0 Å². The van der Waals surface area contributed by atoms with E-state index in [9.17, 15) is 13.2 Å². The van der Waals surface area contributed by atoms with Crippen molar-refractivity contribution in [2.24, 2.45) is 0 Å². The summed E-state index contributed by atoms with van der Waals surface area (Å²) in [6.07, 6.45) is 2.07. The predicted octanol–water partition coefficient (Wildman–Crippen LogP) is 3.76. The van der Waals surface area contributed by atoms with E-state index in [-0.39, 0.29) is 18.5 Å². The summed E-state index contributed by atoms with van der Waals surface area (Å²) in [5, 5.41) is 0. The number of rotatable bonds is 3. The Kier molecular flexibility index (Phi) is 4.09. The molecule has 1 saturated heterocycles. The average molecular weight is 377 g/mol. The van der Waals surface area contributed by atoms with Crippen LogP contribution in [-0.4, -0.2) is 32.6 Å². The molecule has 1 aliphatic rings. The first kappa shape index (κ1) is 17.4. The standard InChI is InChI=1S/C18H15F4N5/c19-17(13-1-3-14(4-2-13)18(20,21)22)5-7-26(10-17)15-9-16(25-11-24-15)27-8-6-23-12-27/h1-4,6,8-9,11-12H,5,7,10H2. The fourth-order valence-electron chi connectivity index (χ4n) is 3.21. The quantitative estimate of drug-likeness (QED) is 0.652. The molecule has 0 spiro atoms. The number of benzene rings is 1. The zero-order valence-electron chi connectivity index (χ0n) is 14.1. The first-order valence-electron chi connectivity index (χ1n) is 8.27. The van der Waals surface area contributed by atoms with Crippen LogP contribution in [0, 0.1) is 0 Å². The zero-order chi connectivity index (χ0) is 19.1. The van der Waals surface area contributed by atoms with Crippen LogP contribution in [0.3, 0.4) is 0 Å². The van der Waals surface area contributed by atoms with Crippen LogP contribution in [0.15, 0.2) is 55.4 Å². The molecular weight excluding hydrogens is 362 g/mol. The van der Waals surface area contributed by atoms with E-state index in [0.717, 1.165) is 12.1 Å². The van der Waals surface area contributed by atoms with Crippen molar-refractivity contribution in [1.82, 2.24) is 19.5 Å². The Hall–Kier alpha value is -2.97. The number of alkyl halides is 4. The maximum absolute atomic E-state index is 15.4. The summed E-state index contributed by atoms with van der Waals surface area (Å²) in [5.74, 6) is 1.16. The van der Waals surface area contributed by atoms with Gasteiger partial charge >= 0.3 is 6.18 Å². The molecule has 1 aliphatic heterocycles. The summed E-state index contributed by atoms with van der Waals surface area (Å²) in [7, 11) is 0. The van der Waals surface area contributed by atoms with E-state index in [1.807, 2.05) is 0 Å². The van der Waals surface area contributed by atoms with E-state index < -0.39 is 17.4 Å². The largest absolute Gasteiger partial charge is 0.416 e. The third-order valence-electron chi connectivity index (χ3n) is 4.68. The van der Waals surface area contributed by atoms with Gasteiger partial charge in [-0.2, -0.15) is 13.2 Å². The van der Waals surface area contributed by atoms with Crippen LogP contribution in [0.4, 0.5) is 23.4 Å². The van der Waals surface area contributed by atoms with Gasteiger partial charge in [-0.15, -0.1) is 0 Å². The van der Waals surface area contributed by atoms with Crippen molar-refractivity contribution in [3.8, 4) is 5.82 Å². The first-order valence-corrected chi connectivity index (χ1v) is 8.27. The van der Waals surface area contributed by atoms with Crippen LogP contribution in [0.5, 0.6) is 0 Å². The fraction of sp³-hybridized carbons (Fsp3) is 0.278. The summed E-state index contributed by atoms with van der Waals surface area (Å²) in [5.41, 5.74) is -2.28. The molecule has 3 heterocycles. The van der Waals surface area contributed by atoms with Crippen LogP contribution in [-0.2, 0) is 11.8 Å². The minimum atomic E-state index is -4.44. The molecule has 1 unspecified atom stereocenters. The van der Waals surface area contributed by atoms with Gasteiger partial charge in [0.15, 0.2) is 5.67 Å². The number of hydrogen-bond donors (Lipinski definition) is 0. The van der Waals surface area contributed by atoms with Gasteiger partial charge in [-0.1, -0.05) is 12.1 Å². The van der Waals surface area contributed by atoms with Crippen LogP contribution in [0.2, 0.25) is 0 Å². The van der Waals surface area contributed by atoms with Crippen LogP contribution in [0.25, 0.3) is 5.82 Å². The Morgan fingerprint density at radius 2 is 1.78 bits per heavy atom. The Morgan fingerprint density at radius 3 is 2.44 bits per heavy atom. The minimum absolute atomic E-state index is 0.0126. The molecule has 0 aliphatic carbocycles. The molecule has 140 valence electrons. The lowest BCUT2D eigenvalue weighted by atomic mass is 9.94. The number of halogens is 4. The van der Waals surface area contributed by atoms with E-state index in [0.29, 0.717) is 18.2 Å². The maximum atomic E-state index is 15.4. The Balaban J connectivity index is 1.55. The molecule has 3 aromatic rings. The molecule has 1 aromatic carbocycles. The lowest BCUT2D eigenvalue weighted by Crippen LogP contribution is -2.27. The molecule has 1 fully saturated rings. The van der Waals surface area contributed by atoms with Crippen LogP contribution < -0.4 is 4.90 Å². The van der Waals surface area contributed by atoms with Crippen molar-refractivity contribution < 1.29 is 17.6 Å². The second-order valence-electron chi connectivity index (χ2n) is 6.42. The minimum Gasteiger partial charge on any atom is -0.353 e. The number of imidazole rings is 1. The Bertz CT molecular complexity index is 924. The highest BCUT2D eigenvalue weighted by molar-refractivity contribution is 5.46. The normalized spacial score (nSPS) is 20.2. The molecule has 0 saturated carbocycles. The Labute approximate surface area is 152 Å². The Morgan fingerprint density at radius 1 is 1.04 bits per heavy atom. The van der Waals surface area contributed by atoms with Gasteiger partial charge in [0.1, 0.15) is 24.3 Å². The predicted molar refractivity (Wildman–Crippen MR) is 90.2 cm³/mol. The molecule has 0 N–H and O–H groups in total. The molecule has 0 amide bonds. The van der Waals surface area contributed by atoms with Crippen LogP contribution >= 0.6 is 0 Å². The SMILES string of the molecule is FC(F)(F)c1ccc(C2(F)CCN(c3cc(-n4ccnc4)ncn3)C2)cc1. The van der Waals surface area contributed by atoms with Crippen molar-refractivity contribution in [2.45, 2.75) is 18.3 Å². The number of hydrogen-bond acceptors (Lipinski definition) is 4. The smallest absolute Gasteiger partial charge is 0.353 e. The summed E-state index contributed by atoms with van der Waals surface area (Å²) < 4.78 is 55.2. The molecule has 27 heavy (non-hydrogen) atoms. The lowest BCUT2D eigenvalue weighted by Gasteiger charge is -2.22. The summed E-state index contributed by atoms with van der Waals surface area (Å²) in [6, 6.07) is 5.98. The molecule has 1 atom stereocenters. The van der Waals surface area contributed by atoms with Gasteiger partial charge in [-0.05, 0) is 17.7 Å². The van der Waals surface area contributed by atoms with E-state index in [1.165, 1.54) is 18.5 Å².